The van der Waals surface area contributed by atoms with Crippen molar-refractivity contribution in [1.82, 2.24) is 9.88 Å². The van der Waals surface area contributed by atoms with Gasteiger partial charge in [-0.3, -0.25) is 9.10 Å². The summed E-state index contributed by atoms with van der Waals surface area (Å²) in [7, 11) is -3.67. The number of ether oxygens (including phenoxy) is 1. The van der Waals surface area contributed by atoms with Gasteiger partial charge >= 0.3 is 0 Å². The molecule has 0 spiro atoms. The number of aromatic nitrogens is 1. The number of carbonyl (C=O) groups is 1. The van der Waals surface area contributed by atoms with Gasteiger partial charge < -0.3 is 14.6 Å². The van der Waals surface area contributed by atoms with Gasteiger partial charge in [0.2, 0.25) is 10.0 Å². The smallest absolute Gasteiger partial charge is 0.232 e. The van der Waals surface area contributed by atoms with E-state index in [0.717, 1.165) is 29.6 Å². The second kappa shape index (κ2) is 13.8. The summed E-state index contributed by atoms with van der Waals surface area (Å²) in [6.45, 7) is 1.72. The summed E-state index contributed by atoms with van der Waals surface area (Å²) in [6, 6.07) is 38.9. The van der Waals surface area contributed by atoms with E-state index in [2.05, 4.69) is 70.5 Å². The van der Waals surface area contributed by atoms with Gasteiger partial charge in [0, 0.05) is 41.0 Å². The van der Waals surface area contributed by atoms with Crippen LogP contribution in [0.25, 0.3) is 21.8 Å². The largest absolute Gasteiger partial charge is 0.492 e. The predicted molar refractivity (Wildman–Crippen MR) is 187 cm³/mol. The zero-order valence-electron chi connectivity index (χ0n) is 25.4. The molecule has 6 rings (SSSR count). The second-order valence-electron chi connectivity index (χ2n) is 11.1. The molecule has 0 aliphatic heterocycles. The monoisotopic (exact) mass is 651 g/mol. The average molecular weight is 652 g/mol. The number of ketones is 1. The highest BCUT2D eigenvalue weighted by Gasteiger charge is 2.22. The molecule has 1 N–H and O–H groups in total. The van der Waals surface area contributed by atoms with Crippen LogP contribution in [0.15, 0.2) is 121 Å². The van der Waals surface area contributed by atoms with Gasteiger partial charge in [0.05, 0.1) is 35.6 Å². The Morgan fingerprint density at radius 1 is 0.804 bits per heavy atom. The molecule has 1 heterocycles. The van der Waals surface area contributed by atoms with E-state index < -0.39 is 10.0 Å². The number of benzene rings is 5. The molecule has 234 valence electrons. The van der Waals surface area contributed by atoms with Crippen LogP contribution >= 0.6 is 11.6 Å². The minimum Gasteiger partial charge on any atom is -0.492 e. The molecule has 0 saturated heterocycles. The van der Waals surface area contributed by atoms with Gasteiger partial charge in [-0.15, -0.1) is 0 Å². The normalized spacial score (nSPS) is 11.6. The second-order valence-corrected chi connectivity index (χ2v) is 13.5. The van der Waals surface area contributed by atoms with Crippen molar-refractivity contribution in [2.75, 3.05) is 30.3 Å². The van der Waals surface area contributed by atoms with Crippen LogP contribution in [-0.2, 0) is 23.1 Å². The van der Waals surface area contributed by atoms with Gasteiger partial charge in [-0.05, 0) is 47.5 Å². The molecule has 0 fully saturated rings. The van der Waals surface area contributed by atoms with E-state index in [1.54, 1.807) is 12.1 Å². The van der Waals surface area contributed by atoms with E-state index in [1.165, 1.54) is 32.2 Å². The molecule has 0 bridgehead atoms. The number of sulfonamides is 1. The molecule has 0 amide bonds. The molecular formula is C37H34ClN3O4S. The topological polar surface area (TPSA) is 80.6 Å². The first-order valence-electron chi connectivity index (χ1n) is 15.0. The molecule has 0 saturated carbocycles. The number of hydrogen-bond donors (Lipinski definition) is 1. The molecule has 9 heteroatoms. The molecule has 0 atom stereocenters. The summed E-state index contributed by atoms with van der Waals surface area (Å²) in [5.74, 6) is 0.567. The minimum absolute atomic E-state index is 0.0618. The Bertz CT molecular complexity index is 2100. The van der Waals surface area contributed by atoms with Gasteiger partial charge in [-0.2, -0.15) is 0 Å². The van der Waals surface area contributed by atoms with Crippen molar-refractivity contribution in [3.05, 3.63) is 143 Å². The van der Waals surface area contributed by atoms with Crippen molar-refractivity contribution in [3.63, 3.8) is 0 Å². The third kappa shape index (κ3) is 7.10. The SMILES string of the molecule is CS(=O)(=O)N(Cc1ccccc1)c1cc(C(=O)CNCCOc2ccc3c4ccccc4n(Cc4ccccc4)c3c2)ccc1Cl. The molecule has 0 radical (unpaired) electrons. The lowest BCUT2D eigenvalue weighted by atomic mass is 10.1. The maximum atomic E-state index is 13.1. The Balaban J connectivity index is 1.10. The van der Waals surface area contributed by atoms with Gasteiger partial charge in [0.25, 0.3) is 0 Å². The predicted octanol–water partition coefficient (Wildman–Crippen LogP) is 7.31. The Hall–Kier alpha value is -4.63. The van der Waals surface area contributed by atoms with Crippen LogP contribution < -0.4 is 14.4 Å². The fraction of sp³-hybridized carbons (Fsp3) is 0.162. The van der Waals surface area contributed by atoms with Crippen LogP contribution in [0.1, 0.15) is 21.5 Å². The summed E-state index contributed by atoms with van der Waals surface area (Å²) < 4.78 is 35.0. The van der Waals surface area contributed by atoms with E-state index in [1.807, 2.05) is 42.5 Å². The molecule has 6 aromatic rings. The number of Topliss-reactive ketones (excluding diaryl/α,β-unsaturated/α-hetero) is 1. The van der Waals surface area contributed by atoms with Crippen LogP contribution in [0, 0.1) is 0 Å². The van der Waals surface area contributed by atoms with Crippen molar-refractivity contribution in [1.29, 1.82) is 0 Å². The van der Waals surface area contributed by atoms with E-state index in [9.17, 15) is 13.2 Å². The van der Waals surface area contributed by atoms with Crippen molar-refractivity contribution in [3.8, 4) is 5.75 Å². The maximum absolute atomic E-state index is 13.1. The first-order chi connectivity index (χ1) is 22.3. The van der Waals surface area contributed by atoms with Crippen LogP contribution in [0.3, 0.4) is 0 Å². The number of rotatable bonds is 13. The van der Waals surface area contributed by atoms with Crippen LogP contribution in [0.2, 0.25) is 5.02 Å². The number of carbonyl (C=O) groups excluding carboxylic acids is 1. The van der Waals surface area contributed by atoms with Crippen molar-refractivity contribution >= 4 is 54.9 Å². The Morgan fingerprint density at radius 3 is 2.22 bits per heavy atom. The Morgan fingerprint density at radius 2 is 1.48 bits per heavy atom. The standard InChI is InChI=1S/C37H34ClN3O4S/c1-46(43,44)41(26-28-12-6-3-7-13-28)36-22-29(16-19-33(36)38)37(42)24-39-20-21-45-30-17-18-32-31-14-8-9-15-34(31)40(35(32)23-30)25-27-10-4-2-5-11-27/h2-19,22-23,39H,20-21,24-26H2,1H3. The quantitative estimate of drug-likeness (QED) is 0.105. The van der Waals surface area contributed by atoms with Gasteiger partial charge in [0.1, 0.15) is 12.4 Å². The summed E-state index contributed by atoms with van der Waals surface area (Å²) in [5, 5.41) is 5.76. The zero-order chi connectivity index (χ0) is 32.1. The number of nitrogens with one attached hydrogen (secondary N) is 1. The highest BCUT2D eigenvalue weighted by atomic mass is 35.5. The summed E-state index contributed by atoms with van der Waals surface area (Å²) in [5.41, 5.74) is 4.93. The highest BCUT2D eigenvalue weighted by molar-refractivity contribution is 7.92. The third-order valence-electron chi connectivity index (χ3n) is 7.87. The Labute approximate surface area is 274 Å². The van der Waals surface area contributed by atoms with Gasteiger partial charge in [-0.25, -0.2) is 8.42 Å². The molecule has 0 unspecified atom stereocenters. The molecule has 1 aromatic heterocycles. The number of para-hydroxylation sites is 1. The van der Waals surface area contributed by atoms with E-state index in [4.69, 9.17) is 16.3 Å². The number of anilines is 1. The number of nitrogens with zero attached hydrogens (tertiary/aromatic N) is 2. The first kappa shape index (κ1) is 31.4. The fourth-order valence-electron chi connectivity index (χ4n) is 5.61. The van der Waals surface area contributed by atoms with E-state index >= 15 is 0 Å². The zero-order valence-corrected chi connectivity index (χ0v) is 27.0. The van der Waals surface area contributed by atoms with E-state index in [-0.39, 0.29) is 29.6 Å². The van der Waals surface area contributed by atoms with Crippen molar-refractivity contribution in [2.24, 2.45) is 0 Å². The average Bonchev–Trinajstić information content (AvgIpc) is 3.36. The first-order valence-corrected chi connectivity index (χ1v) is 17.2. The van der Waals surface area contributed by atoms with Crippen molar-refractivity contribution < 1.29 is 17.9 Å². The molecule has 0 aliphatic carbocycles. The van der Waals surface area contributed by atoms with Crippen LogP contribution in [-0.4, -0.2) is 44.7 Å². The molecule has 5 aromatic carbocycles. The Kier molecular flexibility index (Phi) is 9.40. The van der Waals surface area contributed by atoms with Crippen molar-refractivity contribution in [2.45, 2.75) is 13.1 Å². The molecule has 46 heavy (non-hydrogen) atoms. The number of halogens is 1. The molecular weight excluding hydrogens is 618 g/mol. The van der Waals surface area contributed by atoms with Crippen LogP contribution in [0.4, 0.5) is 5.69 Å². The lowest BCUT2D eigenvalue weighted by molar-refractivity contribution is 0.0990. The van der Waals surface area contributed by atoms with E-state index in [0.29, 0.717) is 18.7 Å². The number of hydrogen-bond acceptors (Lipinski definition) is 5. The van der Waals surface area contributed by atoms with Gasteiger partial charge in [-0.1, -0.05) is 90.5 Å². The highest BCUT2D eigenvalue weighted by Crippen LogP contribution is 2.33. The fourth-order valence-corrected chi connectivity index (χ4v) is 6.77. The van der Waals surface area contributed by atoms with Gasteiger partial charge in [0.15, 0.2) is 5.78 Å². The molecule has 0 aliphatic rings. The summed E-state index contributed by atoms with van der Waals surface area (Å²) in [4.78, 5) is 13.1. The molecule has 7 nitrogen and oxygen atoms in total. The lowest BCUT2D eigenvalue weighted by Gasteiger charge is -2.24. The maximum Gasteiger partial charge on any atom is 0.232 e. The van der Waals surface area contributed by atoms with Crippen LogP contribution in [0.5, 0.6) is 5.75 Å². The third-order valence-corrected chi connectivity index (χ3v) is 9.31. The number of fused-ring (bicyclic) bond motifs is 3. The summed E-state index contributed by atoms with van der Waals surface area (Å²) in [6.07, 6.45) is 1.13. The minimum atomic E-state index is -3.67. The summed E-state index contributed by atoms with van der Waals surface area (Å²) >= 11 is 6.43. The lowest BCUT2D eigenvalue weighted by Crippen LogP contribution is -2.30.